The highest BCUT2D eigenvalue weighted by Crippen LogP contribution is 2.30. The SMILES string of the molecule is C[C@@H]1CCCC[C@@H]1NC(=O)/C(C#N)=C/c1c2ccccc2cc2ccccc12. The monoisotopic (exact) mass is 368 g/mol. The number of hydrogen-bond donors (Lipinski definition) is 1. The smallest absolute Gasteiger partial charge is 0.262 e. The lowest BCUT2D eigenvalue weighted by atomic mass is 9.86. The van der Waals surface area contributed by atoms with Crippen LogP contribution in [-0.2, 0) is 4.79 Å². The van der Waals surface area contributed by atoms with Gasteiger partial charge in [-0.05, 0) is 58.0 Å². The topological polar surface area (TPSA) is 52.9 Å². The van der Waals surface area contributed by atoms with Crippen molar-refractivity contribution in [2.45, 2.75) is 38.6 Å². The van der Waals surface area contributed by atoms with Crippen LogP contribution in [0.4, 0.5) is 0 Å². The van der Waals surface area contributed by atoms with Crippen LogP contribution >= 0.6 is 0 Å². The fourth-order valence-corrected chi connectivity index (χ4v) is 4.27. The van der Waals surface area contributed by atoms with Crippen LogP contribution in [0.3, 0.4) is 0 Å². The molecule has 0 unspecified atom stereocenters. The fraction of sp³-hybridized carbons (Fsp3) is 0.280. The molecule has 4 rings (SSSR count). The molecular formula is C25H24N2O. The number of amides is 1. The Hall–Kier alpha value is -3.12. The number of carbonyl (C=O) groups excluding carboxylic acids is 1. The first kappa shape index (κ1) is 18.3. The van der Waals surface area contributed by atoms with Gasteiger partial charge in [-0.25, -0.2) is 0 Å². The molecule has 3 heteroatoms. The van der Waals surface area contributed by atoms with Gasteiger partial charge in [-0.2, -0.15) is 5.26 Å². The van der Waals surface area contributed by atoms with Crippen molar-refractivity contribution in [1.29, 1.82) is 5.26 Å². The maximum atomic E-state index is 12.9. The first-order chi connectivity index (χ1) is 13.7. The molecular weight excluding hydrogens is 344 g/mol. The van der Waals surface area contributed by atoms with Crippen LogP contribution in [0, 0.1) is 17.2 Å². The van der Waals surface area contributed by atoms with Gasteiger partial charge in [-0.1, -0.05) is 68.3 Å². The van der Waals surface area contributed by atoms with Crippen molar-refractivity contribution in [2.75, 3.05) is 0 Å². The average molecular weight is 368 g/mol. The largest absolute Gasteiger partial charge is 0.348 e. The molecule has 0 radical (unpaired) electrons. The maximum absolute atomic E-state index is 12.9. The van der Waals surface area contributed by atoms with Crippen LogP contribution in [0.15, 0.2) is 60.2 Å². The van der Waals surface area contributed by atoms with E-state index in [1.54, 1.807) is 6.08 Å². The Balaban J connectivity index is 1.78. The second kappa shape index (κ2) is 7.86. The van der Waals surface area contributed by atoms with Crippen molar-refractivity contribution in [3.05, 3.63) is 65.7 Å². The number of nitriles is 1. The van der Waals surface area contributed by atoms with Crippen molar-refractivity contribution < 1.29 is 4.79 Å². The van der Waals surface area contributed by atoms with Crippen molar-refractivity contribution in [1.82, 2.24) is 5.32 Å². The van der Waals surface area contributed by atoms with Crippen LogP contribution in [0.2, 0.25) is 0 Å². The highest BCUT2D eigenvalue weighted by atomic mass is 16.1. The van der Waals surface area contributed by atoms with E-state index >= 15 is 0 Å². The molecule has 3 aromatic rings. The van der Waals surface area contributed by atoms with E-state index in [-0.39, 0.29) is 17.5 Å². The third kappa shape index (κ3) is 3.51. The van der Waals surface area contributed by atoms with E-state index in [1.807, 2.05) is 36.4 Å². The molecule has 0 heterocycles. The number of carbonyl (C=O) groups is 1. The zero-order valence-corrected chi connectivity index (χ0v) is 16.1. The minimum atomic E-state index is -0.265. The Morgan fingerprint density at radius 2 is 1.64 bits per heavy atom. The van der Waals surface area contributed by atoms with Crippen LogP contribution in [-0.4, -0.2) is 11.9 Å². The summed E-state index contributed by atoms with van der Waals surface area (Å²) >= 11 is 0. The van der Waals surface area contributed by atoms with Crippen molar-refractivity contribution in [3.8, 4) is 6.07 Å². The number of hydrogen-bond acceptors (Lipinski definition) is 2. The standard InChI is InChI=1S/C25H24N2O/c1-17-8-2-7-13-24(17)27-25(28)20(16-26)15-23-21-11-5-3-9-18(21)14-19-10-4-6-12-22(19)23/h3-6,9-12,14-15,17,24H,2,7-8,13H2,1H3,(H,27,28)/b20-15+/t17-,24+/m1/s1. The molecule has 1 N–H and O–H groups in total. The van der Waals surface area contributed by atoms with E-state index in [0.717, 1.165) is 46.4 Å². The summed E-state index contributed by atoms with van der Waals surface area (Å²) in [5.41, 5.74) is 1.09. The Morgan fingerprint density at radius 1 is 1.04 bits per heavy atom. The molecule has 3 aromatic carbocycles. The van der Waals surface area contributed by atoms with Gasteiger partial charge >= 0.3 is 0 Å². The predicted octanol–water partition coefficient (Wildman–Crippen LogP) is 5.59. The third-order valence-corrected chi connectivity index (χ3v) is 5.89. The number of fused-ring (bicyclic) bond motifs is 2. The number of benzene rings is 3. The first-order valence-electron chi connectivity index (χ1n) is 10.0. The van der Waals surface area contributed by atoms with E-state index in [4.69, 9.17) is 0 Å². The lowest BCUT2D eigenvalue weighted by Gasteiger charge is -2.29. The maximum Gasteiger partial charge on any atom is 0.262 e. The van der Waals surface area contributed by atoms with Gasteiger partial charge in [0.05, 0.1) is 0 Å². The zero-order chi connectivity index (χ0) is 19.5. The minimum Gasteiger partial charge on any atom is -0.348 e. The fourth-order valence-electron chi connectivity index (χ4n) is 4.27. The lowest BCUT2D eigenvalue weighted by Crippen LogP contribution is -2.41. The van der Waals surface area contributed by atoms with E-state index in [9.17, 15) is 10.1 Å². The van der Waals surface area contributed by atoms with E-state index < -0.39 is 0 Å². The summed E-state index contributed by atoms with van der Waals surface area (Å²) in [5.74, 6) is 0.189. The van der Waals surface area contributed by atoms with E-state index in [2.05, 4.69) is 36.5 Å². The predicted molar refractivity (Wildman–Crippen MR) is 115 cm³/mol. The molecule has 3 nitrogen and oxygen atoms in total. The van der Waals surface area contributed by atoms with E-state index in [1.165, 1.54) is 6.42 Å². The van der Waals surface area contributed by atoms with Gasteiger partial charge in [0.1, 0.15) is 11.6 Å². The second-order valence-electron chi connectivity index (χ2n) is 7.74. The van der Waals surface area contributed by atoms with Gasteiger partial charge in [0.25, 0.3) is 5.91 Å². The van der Waals surface area contributed by atoms with Gasteiger partial charge in [0, 0.05) is 6.04 Å². The summed E-state index contributed by atoms with van der Waals surface area (Å²) < 4.78 is 0. The summed E-state index contributed by atoms with van der Waals surface area (Å²) in [7, 11) is 0. The van der Waals surface area contributed by atoms with Gasteiger partial charge in [-0.3, -0.25) is 4.79 Å². The summed E-state index contributed by atoms with van der Waals surface area (Å²) in [5, 5.41) is 17.1. The molecule has 0 aromatic heterocycles. The summed E-state index contributed by atoms with van der Waals surface area (Å²) in [4.78, 5) is 12.9. The third-order valence-electron chi connectivity index (χ3n) is 5.89. The Morgan fingerprint density at radius 3 is 2.25 bits per heavy atom. The summed E-state index contributed by atoms with van der Waals surface area (Å²) in [6.45, 7) is 2.18. The number of nitrogens with zero attached hydrogens (tertiary/aromatic N) is 1. The van der Waals surface area contributed by atoms with Crippen molar-refractivity contribution in [3.63, 3.8) is 0 Å². The Bertz CT molecular complexity index is 1050. The lowest BCUT2D eigenvalue weighted by molar-refractivity contribution is -0.118. The van der Waals surface area contributed by atoms with Gasteiger partial charge < -0.3 is 5.32 Å². The molecule has 0 saturated heterocycles. The number of rotatable bonds is 3. The Kier molecular flexibility index (Phi) is 5.12. The normalized spacial score (nSPS) is 20.1. The Labute approximate surface area is 165 Å². The van der Waals surface area contributed by atoms with E-state index in [0.29, 0.717) is 5.92 Å². The molecule has 2 atom stereocenters. The van der Waals surface area contributed by atoms with Gasteiger partial charge in [0.15, 0.2) is 0 Å². The quantitative estimate of drug-likeness (QED) is 0.372. The van der Waals surface area contributed by atoms with Crippen molar-refractivity contribution in [2.24, 2.45) is 5.92 Å². The second-order valence-corrected chi connectivity index (χ2v) is 7.74. The summed E-state index contributed by atoms with van der Waals surface area (Å²) in [6, 6.07) is 20.7. The average Bonchev–Trinajstić information content (AvgIpc) is 2.72. The highest BCUT2D eigenvalue weighted by Gasteiger charge is 2.24. The zero-order valence-electron chi connectivity index (χ0n) is 16.1. The van der Waals surface area contributed by atoms with Crippen LogP contribution < -0.4 is 5.32 Å². The number of nitrogens with one attached hydrogen (secondary N) is 1. The molecule has 140 valence electrons. The minimum absolute atomic E-state index is 0.155. The first-order valence-corrected chi connectivity index (χ1v) is 10.0. The van der Waals surface area contributed by atoms with Crippen LogP contribution in [0.1, 0.15) is 38.2 Å². The van der Waals surface area contributed by atoms with Crippen LogP contribution in [0.25, 0.3) is 27.6 Å². The molecule has 1 fully saturated rings. The van der Waals surface area contributed by atoms with Crippen molar-refractivity contribution >= 4 is 33.5 Å². The van der Waals surface area contributed by atoms with Crippen LogP contribution in [0.5, 0.6) is 0 Å². The van der Waals surface area contributed by atoms with Gasteiger partial charge in [0.2, 0.25) is 0 Å². The molecule has 0 spiro atoms. The molecule has 1 amide bonds. The highest BCUT2D eigenvalue weighted by molar-refractivity contribution is 6.11. The molecule has 1 aliphatic carbocycles. The van der Waals surface area contributed by atoms with Gasteiger partial charge in [-0.15, -0.1) is 0 Å². The molecule has 28 heavy (non-hydrogen) atoms. The summed E-state index contributed by atoms with van der Waals surface area (Å²) in [6.07, 6.45) is 6.23. The molecule has 0 bridgehead atoms. The molecule has 1 aliphatic rings. The molecule has 0 aliphatic heterocycles. The molecule has 1 saturated carbocycles.